The van der Waals surface area contributed by atoms with Crippen molar-refractivity contribution in [1.29, 1.82) is 0 Å². The van der Waals surface area contributed by atoms with Gasteiger partial charge in [0.2, 0.25) is 0 Å². The summed E-state index contributed by atoms with van der Waals surface area (Å²) in [4.78, 5) is 26.7. The first-order valence-electron chi connectivity index (χ1n) is 8.51. The van der Waals surface area contributed by atoms with Crippen molar-refractivity contribution in [2.24, 2.45) is 0 Å². The van der Waals surface area contributed by atoms with Crippen molar-refractivity contribution in [3.05, 3.63) is 59.2 Å². The monoisotopic (exact) mass is 390 g/mol. The van der Waals surface area contributed by atoms with E-state index in [1.807, 2.05) is 25.1 Å². The van der Waals surface area contributed by atoms with Gasteiger partial charge in [-0.3, -0.25) is 4.79 Å². The van der Waals surface area contributed by atoms with Crippen molar-refractivity contribution in [2.45, 2.75) is 6.92 Å². The maximum absolute atomic E-state index is 12.4. The number of methoxy groups -OCH3 is 1. The van der Waals surface area contributed by atoms with Crippen LogP contribution >= 0.6 is 12.4 Å². The second-order valence-electron chi connectivity index (χ2n) is 6.14. The molecule has 0 aliphatic carbocycles. The van der Waals surface area contributed by atoms with E-state index in [4.69, 9.17) is 9.47 Å². The highest BCUT2D eigenvalue weighted by Gasteiger charge is 2.20. The Kier molecular flexibility index (Phi) is 7.21. The molecule has 6 nitrogen and oxygen atoms in total. The minimum atomic E-state index is -0.432. The number of aryl methyl sites for hydroxylation is 1. The molecule has 0 saturated carbocycles. The summed E-state index contributed by atoms with van der Waals surface area (Å²) in [5.74, 6) is -0.655. The van der Waals surface area contributed by atoms with Crippen molar-refractivity contribution in [2.75, 3.05) is 43.6 Å². The van der Waals surface area contributed by atoms with Crippen LogP contribution in [0.15, 0.2) is 42.5 Å². The molecule has 1 fully saturated rings. The van der Waals surface area contributed by atoms with Crippen molar-refractivity contribution < 1.29 is 19.1 Å². The second kappa shape index (κ2) is 9.39. The Balaban J connectivity index is 0.00000261. The molecule has 1 saturated heterocycles. The molecule has 2 aromatic carbocycles. The third kappa shape index (κ3) is 4.99. The molecule has 0 aromatic heterocycles. The number of halogens is 1. The number of anilines is 2. The zero-order valence-corrected chi connectivity index (χ0v) is 16.2. The lowest BCUT2D eigenvalue weighted by atomic mass is 10.1. The lowest BCUT2D eigenvalue weighted by Gasteiger charge is -2.30. The molecule has 2 aromatic rings. The molecule has 27 heavy (non-hydrogen) atoms. The number of rotatable bonds is 4. The molecule has 0 radical (unpaired) electrons. The molecule has 1 aliphatic heterocycles. The number of benzene rings is 2. The van der Waals surface area contributed by atoms with E-state index in [2.05, 4.69) is 10.2 Å². The Morgan fingerprint density at radius 1 is 1.07 bits per heavy atom. The Morgan fingerprint density at radius 2 is 1.74 bits per heavy atom. The number of nitrogens with zero attached hydrogens (tertiary/aromatic N) is 1. The van der Waals surface area contributed by atoms with Crippen LogP contribution in [0, 0.1) is 6.92 Å². The predicted octanol–water partition coefficient (Wildman–Crippen LogP) is 3.29. The molecular weight excluding hydrogens is 368 g/mol. The minimum absolute atomic E-state index is 0. The molecular formula is C20H23ClN2O4. The number of morpholine rings is 1. The van der Waals surface area contributed by atoms with E-state index < -0.39 is 5.97 Å². The van der Waals surface area contributed by atoms with E-state index in [-0.39, 0.29) is 18.3 Å². The molecule has 1 heterocycles. The van der Waals surface area contributed by atoms with Crippen LogP contribution in [-0.2, 0) is 9.47 Å². The van der Waals surface area contributed by atoms with Crippen LogP contribution in [0.3, 0.4) is 0 Å². The molecule has 1 amide bonds. The standard InChI is InChI=1S/C20H22N2O4.ClH/c1-14-3-5-15(6-4-14)19(23)21-16-7-8-18(17(13-16)20(24)25-2)22-9-11-26-12-10-22;/h3-8,13H,9-12H2,1-2H3,(H,21,23);1H. The molecule has 1 N–H and O–H groups in total. The minimum Gasteiger partial charge on any atom is -0.465 e. The highest BCUT2D eigenvalue weighted by molar-refractivity contribution is 6.05. The Hall–Kier alpha value is -2.57. The number of ether oxygens (including phenoxy) is 2. The number of hydrogen-bond donors (Lipinski definition) is 1. The van der Waals surface area contributed by atoms with Crippen LogP contribution in [-0.4, -0.2) is 45.3 Å². The maximum atomic E-state index is 12.4. The third-order valence-electron chi connectivity index (χ3n) is 4.33. The van der Waals surface area contributed by atoms with Crippen LogP contribution in [0.5, 0.6) is 0 Å². The predicted molar refractivity (Wildman–Crippen MR) is 107 cm³/mol. The summed E-state index contributed by atoms with van der Waals surface area (Å²) in [6, 6.07) is 12.6. The number of carbonyl (C=O) groups excluding carboxylic acids is 2. The van der Waals surface area contributed by atoms with Crippen molar-refractivity contribution >= 4 is 35.7 Å². The number of carbonyl (C=O) groups is 2. The summed E-state index contributed by atoms with van der Waals surface area (Å²) in [7, 11) is 1.35. The fourth-order valence-electron chi connectivity index (χ4n) is 2.88. The normalized spacial score (nSPS) is 13.5. The van der Waals surface area contributed by atoms with E-state index in [1.54, 1.807) is 24.3 Å². The molecule has 3 rings (SSSR count). The smallest absolute Gasteiger partial charge is 0.340 e. The largest absolute Gasteiger partial charge is 0.465 e. The lowest BCUT2D eigenvalue weighted by Crippen LogP contribution is -2.37. The van der Waals surface area contributed by atoms with Crippen LogP contribution in [0.4, 0.5) is 11.4 Å². The zero-order chi connectivity index (χ0) is 18.5. The van der Waals surface area contributed by atoms with Gasteiger partial charge in [-0.05, 0) is 37.3 Å². The fourth-order valence-corrected chi connectivity index (χ4v) is 2.88. The summed E-state index contributed by atoms with van der Waals surface area (Å²) in [6.45, 7) is 4.62. The van der Waals surface area contributed by atoms with Gasteiger partial charge in [0.25, 0.3) is 5.91 Å². The van der Waals surface area contributed by atoms with Gasteiger partial charge in [-0.1, -0.05) is 17.7 Å². The highest BCUT2D eigenvalue weighted by Crippen LogP contribution is 2.26. The van der Waals surface area contributed by atoms with Crippen LogP contribution in [0.2, 0.25) is 0 Å². The number of nitrogens with one attached hydrogen (secondary N) is 1. The van der Waals surface area contributed by atoms with Gasteiger partial charge in [-0.2, -0.15) is 0 Å². The van der Waals surface area contributed by atoms with Crippen LogP contribution in [0.1, 0.15) is 26.3 Å². The van der Waals surface area contributed by atoms with Gasteiger partial charge in [0, 0.05) is 24.3 Å². The van der Waals surface area contributed by atoms with Gasteiger partial charge in [0.15, 0.2) is 0 Å². The number of amides is 1. The topological polar surface area (TPSA) is 67.9 Å². The van der Waals surface area contributed by atoms with Crippen molar-refractivity contribution in [3.8, 4) is 0 Å². The van der Waals surface area contributed by atoms with Crippen LogP contribution < -0.4 is 10.2 Å². The first-order valence-corrected chi connectivity index (χ1v) is 8.51. The van der Waals surface area contributed by atoms with Gasteiger partial charge in [0.05, 0.1) is 31.6 Å². The van der Waals surface area contributed by atoms with E-state index in [0.29, 0.717) is 43.1 Å². The summed E-state index contributed by atoms with van der Waals surface area (Å²) in [5, 5.41) is 2.84. The van der Waals surface area contributed by atoms with Gasteiger partial charge in [-0.15, -0.1) is 12.4 Å². The SMILES string of the molecule is COC(=O)c1cc(NC(=O)c2ccc(C)cc2)ccc1N1CCOCC1.Cl. The van der Waals surface area contributed by atoms with E-state index in [9.17, 15) is 9.59 Å². The molecule has 0 bridgehead atoms. The van der Waals surface area contributed by atoms with Gasteiger partial charge in [0.1, 0.15) is 0 Å². The Labute approximate surface area is 164 Å². The molecule has 144 valence electrons. The van der Waals surface area contributed by atoms with E-state index in [1.165, 1.54) is 7.11 Å². The summed E-state index contributed by atoms with van der Waals surface area (Å²) < 4.78 is 10.3. The molecule has 7 heteroatoms. The number of esters is 1. The number of hydrogen-bond acceptors (Lipinski definition) is 5. The second-order valence-corrected chi connectivity index (χ2v) is 6.14. The summed E-state index contributed by atoms with van der Waals surface area (Å²) in [5.41, 5.74) is 3.41. The average molecular weight is 391 g/mol. The summed E-state index contributed by atoms with van der Waals surface area (Å²) in [6.07, 6.45) is 0. The molecule has 0 unspecified atom stereocenters. The van der Waals surface area contributed by atoms with E-state index in [0.717, 1.165) is 11.3 Å². The van der Waals surface area contributed by atoms with Gasteiger partial charge in [-0.25, -0.2) is 4.79 Å². The molecule has 1 aliphatic rings. The average Bonchev–Trinajstić information content (AvgIpc) is 2.68. The Bertz CT molecular complexity index is 802. The Morgan fingerprint density at radius 3 is 2.37 bits per heavy atom. The first kappa shape index (κ1) is 20.7. The first-order chi connectivity index (χ1) is 12.6. The van der Waals surface area contributed by atoms with Crippen molar-refractivity contribution in [1.82, 2.24) is 0 Å². The fraction of sp³-hybridized carbons (Fsp3) is 0.300. The van der Waals surface area contributed by atoms with Gasteiger partial charge >= 0.3 is 5.97 Å². The lowest BCUT2D eigenvalue weighted by molar-refractivity contribution is 0.0600. The quantitative estimate of drug-likeness (QED) is 0.811. The zero-order valence-electron chi connectivity index (χ0n) is 15.4. The molecule has 0 atom stereocenters. The van der Waals surface area contributed by atoms with Gasteiger partial charge < -0.3 is 19.7 Å². The molecule has 0 spiro atoms. The third-order valence-corrected chi connectivity index (χ3v) is 4.33. The highest BCUT2D eigenvalue weighted by atomic mass is 35.5. The maximum Gasteiger partial charge on any atom is 0.340 e. The van der Waals surface area contributed by atoms with Crippen molar-refractivity contribution in [3.63, 3.8) is 0 Å². The van der Waals surface area contributed by atoms with Crippen LogP contribution in [0.25, 0.3) is 0 Å². The summed E-state index contributed by atoms with van der Waals surface area (Å²) >= 11 is 0. The van der Waals surface area contributed by atoms with E-state index >= 15 is 0 Å².